The summed E-state index contributed by atoms with van der Waals surface area (Å²) in [5.41, 5.74) is 2.87. The van der Waals surface area contributed by atoms with Gasteiger partial charge in [-0.1, -0.05) is 28.1 Å². The first-order chi connectivity index (χ1) is 8.78. The van der Waals surface area contributed by atoms with Gasteiger partial charge in [-0.05, 0) is 48.2 Å². The van der Waals surface area contributed by atoms with Crippen molar-refractivity contribution in [1.29, 1.82) is 0 Å². The fraction of sp³-hybridized carbons (Fsp3) is 0.267. The van der Waals surface area contributed by atoms with E-state index in [0.29, 0.717) is 0 Å². The summed E-state index contributed by atoms with van der Waals surface area (Å²) >= 11 is 3.48. The van der Waals surface area contributed by atoms with Crippen LogP contribution < -0.4 is 5.32 Å². The predicted octanol–water partition coefficient (Wildman–Crippen LogP) is 3.62. The van der Waals surface area contributed by atoms with Crippen molar-refractivity contribution >= 4 is 15.9 Å². The van der Waals surface area contributed by atoms with Crippen molar-refractivity contribution in [2.75, 3.05) is 0 Å². The number of nitrogens with one attached hydrogen (secondary N) is 1. The Balaban J connectivity index is 1.70. The highest BCUT2D eigenvalue weighted by molar-refractivity contribution is 9.10. The van der Waals surface area contributed by atoms with Gasteiger partial charge in [0.2, 0.25) is 0 Å². The zero-order valence-corrected chi connectivity index (χ0v) is 11.7. The molecule has 92 valence electrons. The average Bonchev–Trinajstić information content (AvgIpc) is 3.20. The zero-order chi connectivity index (χ0) is 12.4. The van der Waals surface area contributed by atoms with Gasteiger partial charge in [-0.2, -0.15) is 0 Å². The normalized spacial score (nSPS) is 16.5. The van der Waals surface area contributed by atoms with Crippen LogP contribution in [-0.4, -0.2) is 4.98 Å². The lowest BCUT2D eigenvalue weighted by Gasteiger charge is -2.18. The summed E-state index contributed by atoms with van der Waals surface area (Å²) in [4.78, 5) is 4.04. The number of aromatic nitrogens is 1. The minimum Gasteiger partial charge on any atom is -0.303 e. The molecule has 18 heavy (non-hydrogen) atoms. The Hall–Kier alpha value is -1.19. The van der Waals surface area contributed by atoms with Crippen LogP contribution in [0.5, 0.6) is 0 Å². The van der Waals surface area contributed by atoms with Crippen LogP contribution in [0.25, 0.3) is 0 Å². The van der Waals surface area contributed by atoms with Crippen molar-refractivity contribution in [3.05, 3.63) is 64.4 Å². The van der Waals surface area contributed by atoms with Crippen LogP contribution in [0.2, 0.25) is 0 Å². The molecule has 0 aliphatic heterocycles. The van der Waals surface area contributed by atoms with Crippen molar-refractivity contribution in [2.45, 2.75) is 24.9 Å². The topological polar surface area (TPSA) is 24.9 Å². The summed E-state index contributed by atoms with van der Waals surface area (Å²) in [5.74, 6) is 0. The molecular formula is C15H15BrN2. The fourth-order valence-electron chi connectivity index (χ4n) is 2.23. The van der Waals surface area contributed by atoms with Gasteiger partial charge < -0.3 is 5.32 Å². The molecule has 0 amide bonds. The lowest BCUT2D eigenvalue weighted by molar-refractivity contribution is 0.518. The van der Waals surface area contributed by atoms with Crippen LogP contribution in [-0.2, 0) is 12.1 Å². The number of halogens is 1. The third-order valence-electron chi connectivity index (χ3n) is 3.53. The van der Waals surface area contributed by atoms with E-state index < -0.39 is 0 Å². The molecule has 1 fully saturated rings. The molecule has 0 atom stereocenters. The van der Waals surface area contributed by atoms with E-state index in [1.54, 1.807) is 0 Å². The number of nitrogens with zero attached hydrogens (tertiary/aromatic N) is 1. The third-order valence-corrected chi connectivity index (χ3v) is 4.06. The average molecular weight is 303 g/mol. The highest BCUT2D eigenvalue weighted by atomic mass is 79.9. The molecule has 1 aromatic carbocycles. The molecule has 3 rings (SSSR count). The van der Waals surface area contributed by atoms with Crippen LogP contribution in [0, 0.1) is 0 Å². The Labute approximate surface area is 116 Å². The van der Waals surface area contributed by atoms with Gasteiger partial charge in [0.25, 0.3) is 0 Å². The molecule has 1 aliphatic rings. The molecule has 3 heteroatoms. The van der Waals surface area contributed by atoms with Crippen molar-refractivity contribution in [2.24, 2.45) is 0 Å². The largest absolute Gasteiger partial charge is 0.303 e. The predicted molar refractivity (Wildman–Crippen MR) is 76.1 cm³/mol. The van der Waals surface area contributed by atoms with Gasteiger partial charge in [-0.15, -0.1) is 0 Å². The SMILES string of the molecule is Brc1ccc(C2(NCc3ccncc3)CC2)cc1. The Morgan fingerprint density at radius 2 is 1.72 bits per heavy atom. The lowest BCUT2D eigenvalue weighted by atomic mass is 10.0. The molecule has 0 unspecified atom stereocenters. The van der Waals surface area contributed by atoms with Gasteiger partial charge in [-0.25, -0.2) is 0 Å². The first kappa shape index (κ1) is 11.9. The number of hydrogen-bond acceptors (Lipinski definition) is 2. The van der Waals surface area contributed by atoms with Crippen molar-refractivity contribution < 1.29 is 0 Å². The van der Waals surface area contributed by atoms with Crippen molar-refractivity contribution in [1.82, 2.24) is 10.3 Å². The second kappa shape index (κ2) is 4.82. The van der Waals surface area contributed by atoms with Crippen LogP contribution in [0.4, 0.5) is 0 Å². The second-order valence-corrected chi connectivity index (χ2v) is 5.71. The summed E-state index contributed by atoms with van der Waals surface area (Å²) in [7, 11) is 0. The first-order valence-electron chi connectivity index (χ1n) is 6.18. The molecule has 1 aliphatic carbocycles. The van der Waals surface area contributed by atoms with E-state index >= 15 is 0 Å². The molecule has 1 saturated carbocycles. The van der Waals surface area contributed by atoms with Crippen molar-refractivity contribution in [3.63, 3.8) is 0 Å². The lowest BCUT2D eigenvalue weighted by Crippen LogP contribution is -2.28. The van der Waals surface area contributed by atoms with E-state index in [9.17, 15) is 0 Å². The third kappa shape index (κ3) is 2.47. The minimum atomic E-state index is 0.198. The molecule has 0 radical (unpaired) electrons. The van der Waals surface area contributed by atoms with E-state index in [-0.39, 0.29) is 5.54 Å². The molecule has 0 spiro atoms. The van der Waals surface area contributed by atoms with Gasteiger partial charge >= 0.3 is 0 Å². The highest BCUT2D eigenvalue weighted by Crippen LogP contribution is 2.45. The smallest absolute Gasteiger partial charge is 0.0438 e. The Bertz CT molecular complexity index is 518. The molecule has 1 aromatic heterocycles. The quantitative estimate of drug-likeness (QED) is 0.933. The van der Waals surface area contributed by atoms with E-state index in [1.165, 1.54) is 24.0 Å². The number of benzene rings is 1. The Morgan fingerprint density at radius 3 is 2.33 bits per heavy atom. The molecule has 2 aromatic rings. The summed E-state index contributed by atoms with van der Waals surface area (Å²) < 4.78 is 1.14. The molecule has 0 saturated heterocycles. The molecule has 1 heterocycles. The molecular weight excluding hydrogens is 288 g/mol. The minimum absolute atomic E-state index is 0.198. The standard InChI is InChI=1S/C15H15BrN2/c16-14-3-1-13(2-4-14)15(7-8-15)18-11-12-5-9-17-10-6-12/h1-6,9-10,18H,7-8,11H2. The van der Waals surface area contributed by atoms with E-state index in [2.05, 4.69) is 62.6 Å². The molecule has 2 nitrogen and oxygen atoms in total. The highest BCUT2D eigenvalue weighted by Gasteiger charge is 2.43. The van der Waals surface area contributed by atoms with Crippen LogP contribution >= 0.6 is 15.9 Å². The van der Waals surface area contributed by atoms with Gasteiger partial charge in [0, 0.05) is 29.0 Å². The fourth-order valence-corrected chi connectivity index (χ4v) is 2.50. The van der Waals surface area contributed by atoms with Crippen LogP contribution in [0.3, 0.4) is 0 Å². The molecule has 0 bridgehead atoms. The Kier molecular flexibility index (Phi) is 3.18. The summed E-state index contributed by atoms with van der Waals surface area (Å²) in [6.07, 6.45) is 6.13. The van der Waals surface area contributed by atoms with Crippen molar-refractivity contribution in [3.8, 4) is 0 Å². The van der Waals surface area contributed by atoms with Crippen LogP contribution in [0.15, 0.2) is 53.3 Å². The monoisotopic (exact) mass is 302 g/mol. The van der Waals surface area contributed by atoms with E-state index in [4.69, 9.17) is 0 Å². The van der Waals surface area contributed by atoms with Gasteiger partial charge in [0.1, 0.15) is 0 Å². The van der Waals surface area contributed by atoms with Crippen LogP contribution in [0.1, 0.15) is 24.0 Å². The van der Waals surface area contributed by atoms with Gasteiger partial charge in [-0.3, -0.25) is 4.98 Å². The second-order valence-electron chi connectivity index (χ2n) is 4.80. The Morgan fingerprint density at radius 1 is 1.06 bits per heavy atom. The maximum Gasteiger partial charge on any atom is 0.0438 e. The first-order valence-corrected chi connectivity index (χ1v) is 6.98. The molecule has 1 N–H and O–H groups in total. The van der Waals surface area contributed by atoms with Gasteiger partial charge in [0.05, 0.1) is 0 Å². The number of rotatable bonds is 4. The maximum atomic E-state index is 4.04. The summed E-state index contributed by atoms with van der Waals surface area (Å²) in [5, 5.41) is 3.68. The van der Waals surface area contributed by atoms with Gasteiger partial charge in [0.15, 0.2) is 0 Å². The van der Waals surface area contributed by atoms with E-state index in [1.807, 2.05) is 12.4 Å². The zero-order valence-electron chi connectivity index (χ0n) is 10.1. The number of hydrogen-bond donors (Lipinski definition) is 1. The number of pyridine rings is 1. The summed E-state index contributed by atoms with van der Waals surface area (Å²) in [6.45, 7) is 0.901. The summed E-state index contributed by atoms with van der Waals surface area (Å²) in [6, 6.07) is 12.8. The van der Waals surface area contributed by atoms with E-state index in [0.717, 1.165) is 11.0 Å². The maximum absolute atomic E-state index is 4.04.